The van der Waals surface area contributed by atoms with Gasteiger partial charge in [-0.15, -0.1) is 0 Å². The molecule has 0 bridgehead atoms. The predicted octanol–water partition coefficient (Wildman–Crippen LogP) is 2.85. The molecule has 0 saturated heterocycles. The summed E-state index contributed by atoms with van der Waals surface area (Å²) in [5.74, 6) is 1.38. The average molecular weight is 274 g/mol. The molecule has 1 rings (SSSR count). The molecule has 0 unspecified atom stereocenters. The number of aromatic nitrogens is 2. The summed E-state index contributed by atoms with van der Waals surface area (Å²) in [6.07, 6.45) is 3.65. The fourth-order valence-corrected chi connectivity index (χ4v) is 1.52. The Morgan fingerprint density at radius 2 is 2.20 bits per heavy atom. The first-order chi connectivity index (χ1) is 7.29. The van der Waals surface area contributed by atoms with Crippen LogP contribution in [0.3, 0.4) is 0 Å². The monoisotopic (exact) mass is 273 g/mol. The molecule has 0 aliphatic carbocycles. The first kappa shape index (κ1) is 12.2. The Bertz CT molecular complexity index is 307. The van der Waals surface area contributed by atoms with Gasteiger partial charge in [-0.3, -0.25) is 0 Å². The number of unbranched alkanes of at least 4 members (excludes halogenated alkanes) is 1. The van der Waals surface area contributed by atoms with Crippen LogP contribution in [0.4, 0.5) is 5.82 Å². The van der Waals surface area contributed by atoms with E-state index in [1.54, 1.807) is 0 Å². The summed E-state index contributed by atoms with van der Waals surface area (Å²) in [5, 5.41) is 3.13. The van der Waals surface area contributed by atoms with Crippen molar-refractivity contribution in [2.24, 2.45) is 0 Å². The minimum Gasteiger partial charge on any atom is -0.477 e. The van der Waals surface area contributed by atoms with Crippen molar-refractivity contribution < 1.29 is 4.74 Å². The van der Waals surface area contributed by atoms with Crippen molar-refractivity contribution in [1.82, 2.24) is 9.97 Å². The molecule has 1 aromatic heterocycles. The summed E-state index contributed by atoms with van der Waals surface area (Å²) < 4.78 is 6.32. The van der Waals surface area contributed by atoms with E-state index >= 15 is 0 Å². The first-order valence-electron chi connectivity index (χ1n) is 5.16. The topological polar surface area (TPSA) is 47.0 Å². The molecule has 1 aromatic rings. The lowest BCUT2D eigenvalue weighted by atomic mass is 10.4. The molecule has 0 radical (unpaired) electrons. The van der Waals surface area contributed by atoms with Crippen molar-refractivity contribution in [3.05, 3.63) is 10.8 Å². The largest absolute Gasteiger partial charge is 0.477 e. The number of hydrogen-bond acceptors (Lipinski definition) is 4. The van der Waals surface area contributed by atoms with Crippen molar-refractivity contribution in [3.8, 4) is 5.88 Å². The molecule has 0 aliphatic heterocycles. The number of hydrogen-bond donors (Lipinski definition) is 1. The quantitative estimate of drug-likeness (QED) is 0.810. The zero-order chi connectivity index (χ0) is 11.1. The highest BCUT2D eigenvalue weighted by Crippen LogP contribution is 2.28. The molecule has 4 nitrogen and oxygen atoms in total. The molecule has 1 N–H and O–H groups in total. The molecule has 0 fully saturated rings. The number of rotatable bonds is 6. The van der Waals surface area contributed by atoms with Gasteiger partial charge in [0.25, 0.3) is 0 Å². The summed E-state index contributed by atoms with van der Waals surface area (Å²) in [4.78, 5) is 8.18. The van der Waals surface area contributed by atoms with E-state index in [4.69, 9.17) is 4.74 Å². The smallest absolute Gasteiger partial charge is 0.233 e. The SMILES string of the molecule is CCCCOc1ncnc(NCC)c1Br. The Morgan fingerprint density at radius 3 is 2.87 bits per heavy atom. The van der Waals surface area contributed by atoms with E-state index in [9.17, 15) is 0 Å². The van der Waals surface area contributed by atoms with Crippen LogP contribution in [0.2, 0.25) is 0 Å². The van der Waals surface area contributed by atoms with Gasteiger partial charge in [0.15, 0.2) is 0 Å². The van der Waals surface area contributed by atoms with Gasteiger partial charge in [0.2, 0.25) is 5.88 Å². The molecule has 0 aromatic carbocycles. The van der Waals surface area contributed by atoms with Gasteiger partial charge in [0.05, 0.1) is 6.61 Å². The van der Waals surface area contributed by atoms with Gasteiger partial charge in [-0.05, 0) is 29.3 Å². The maximum absolute atomic E-state index is 5.53. The summed E-state index contributed by atoms with van der Waals surface area (Å²) in [7, 11) is 0. The number of halogens is 1. The predicted molar refractivity (Wildman–Crippen MR) is 64.3 cm³/mol. The second-order valence-electron chi connectivity index (χ2n) is 3.07. The molecule has 0 spiro atoms. The van der Waals surface area contributed by atoms with Crippen LogP contribution in [-0.4, -0.2) is 23.1 Å². The molecule has 0 atom stereocenters. The summed E-state index contributed by atoms with van der Waals surface area (Å²) in [5.41, 5.74) is 0. The van der Waals surface area contributed by atoms with Crippen LogP contribution in [0.25, 0.3) is 0 Å². The van der Waals surface area contributed by atoms with Gasteiger partial charge < -0.3 is 10.1 Å². The first-order valence-corrected chi connectivity index (χ1v) is 5.96. The summed E-state index contributed by atoms with van der Waals surface area (Å²) in [6, 6.07) is 0. The lowest BCUT2D eigenvalue weighted by molar-refractivity contribution is 0.295. The fourth-order valence-electron chi connectivity index (χ4n) is 1.06. The fraction of sp³-hybridized carbons (Fsp3) is 0.600. The maximum Gasteiger partial charge on any atom is 0.233 e. The van der Waals surface area contributed by atoms with Crippen LogP contribution in [0, 0.1) is 0 Å². The van der Waals surface area contributed by atoms with Crippen molar-refractivity contribution >= 4 is 21.7 Å². The Kier molecular flexibility index (Phi) is 5.39. The van der Waals surface area contributed by atoms with E-state index < -0.39 is 0 Å². The third-order valence-electron chi connectivity index (χ3n) is 1.84. The minimum atomic E-state index is 0.606. The van der Waals surface area contributed by atoms with Crippen molar-refractivity contribution in [1.29, 1.82) is 0 Å². The summed E-state index contributed by atoms with van der Waals surface area (Å²) in [6.45, 7) is 5.66. The molecule has 0 aliphatic rings. The molecule has 0 saturated carbocycles. The van der Waals surface area contributed by atoms with Crippen LogP contribution in [0.1, 0.15) is 26.7 Å². The van der Waals surface area contributed by atoms with Crippen molar-refractivity contribution in [2.75, 3.05) is 18.5 Å². The normalized spacial score (nSPS) is 10.1. The number of nitrogens with zero attached hydrogens (tertiary/aromatic N) is 2. The van der Waals surface area contributed by atoms with Gasteiger partial charge in [0, 0.05) is 6.54 Å². The second kappa shape index (κ2) is 6.61. The number of anilines is 1. The zero-order valence-corrected chi connectivity index (χ0v) is 10.7. The van der Waals surface area contributed by atoms with E-state index in [0.29, 0.717) is 12.5 Å². The summed E-state index contributed by atoms with van der Waals surface area (Å²) >= 11 is 3.42. The van der Waals surface area contributed by atoms with E-state index in [-0.39, 0.29) is 0 Å². The Morgan fingerprint density at radius 1 is 1.40 bits per heavy atom. The molecule has 0 amide bonds. The Balaban J connectivity index is 2.66. The highest BCUT2D eigenvalue weighted by atomic mass is 79.9. The van der Waals surface area contributed by atoms with E-state index in [0.717, 1.165) is 29.7 Å². The van der Waals surface area contributed by atoms with Crippen LogP contribution >= 0.6 is 15.9 Å². The zero-order valence-electron chi connectivity index (χ0n) is 9.09. The number of nitrogens with one attached hydrogen (secondary N) is 1. The molecule has 1 heterocycles. The Labute approximate surface area is 98.6 Å². The van der Waals surface area contributed by atoms with Crippen LogP contribution < -0.4 is 10.1 Å². The highest BCUT2D eigenvalue weighted by molar-refractivity contribution is 9.10. The van der Waals surface area contributed by atoms with E-state index in [1.165, 1.54) is 6.33 Å². The van der Waals surface area contributed by atoms with Gasteiger partial charge in [-0.25, -0.2) is 9.97 Å². The van der Waals surface area contributed by atoms with E-state index in [1.807, 2.05) is 6.92 Å². The average Bonchev–Trinajstić information content (AvgIpc) is 2.24. The van der Waals surface area contributed by atoms with Gasteiger partial charge >= 0.3 is 0 Å². The molecule has 84 valence electrons. The third kappa shape index (κ3) is 3.66. The lowest BCUT2D eigenvalue weighted by Crippen LogP contribution is -2.04. The number of ether oxygens (including phenoxy) is 1. The standard InChI is InChI=1S/C10H16BrN3O/c1-3-5-6-15-10-8(11)9(12-4-2)13-7-14-10/h7H,3-6H2,1-2H3,(H,12,13,14). The molecular weight excluding hydrogens is 258 g/mol. The maximum atomic E-state index is 5.53. The molecule has 5 heteroatoms. The highest BCUT2D eigenvalue weighted by Gasteiger charge is 2.08. The second-order valence-corrected chi connectivity index (χ2v) is 3.87. The lowest BCUT2D eigenvalue weighted by Gasteiger charge is -2.09. The van der Waals surface area contributed by atoms with Crippen molar-refractivity contribution in [3.63, 3.8) is 0 Å². The van der Waals surface area contributed by atoms with Crippen LogP contribution in [-0.2, 0) is 0 Å². The van der Waals surface area contributed by atoms with Crippen molar-refractivity contribution in [2.45, 2.75) is 26.7 Å². The molecule has 15 heavy (non-hydrogen) atoms. The minimum absolute atomic E-state index is 0.606. The van der Waals surface area contributed by atoms with Gasteiger partial charge in [-0.1, -0.05) is 13.3 Å². The third-order valence-corrected chi connectivity index (χ3v) is 2.55. The van der Waals surface area contributed by atoms with Crippen LogP contribution in [0.15, 0.2) is 10.8 Å². The Hall–Kier alpha value is -0.840. The van der Waals surface area contributed by atoms with E-state index in [2.05, 4.69) is 38.1 Å². The molecular formula is C10H16BrN3O. The van der Waals surface area contributed by atoms with Gasteiger partial charge in [-0.2, -0.15) is 0 Å². The van der Waals surface area contributed by atoms with Gasteiger partial charge in [0.1, 0.15) is 16.6 Å². The van der Waals surface area contributed by atoms with Crippen LogP contribution in [0.5, 0.6) is 5.88 Å².